The Hall–Kier alpha value is -1.58. The molecule has 0 amide bonds. The van der Waals surface area contributed by atoms with Crippen LogP contribution in [0.3, 0.4) is 0 Å². The van der Waals surface area contributed by atoms with Crippen LogP contribution in [-0.4, -0.2) is 20.2 Å². The maximum Gasteiger partial charge on any atom is 0.185 e. The van der Waals surface area contributed by atoms with Gasteiger partial charge in [0.15, 0.2) is 5.65 Å². The maximum absolute atomic E-state index is 4.03. The Kier molecular flexibility index (Phi) is 1.25. The lowest BCUT2D eigenvalue weighted by atomic mass is 10.3. The monoisotopic (exact) mass is 146 g/mol. The summed E-state index contributed by atoms with van der Waals surface area (Å²) < 4.78 is 0. The first-order valence-corrected chi connectivity index (χ1v) is 3.27. The van der Waals surface area contributed by atoms with Gasteiger partial charge in [0.25, 0.3) is 0 Å². The van der Waals surface area contributed by atoms with Gasteiger partial charge < -0.3 is 0 Å². The van der Waals surface area contributed by atoms with Gasteiger partial charge in [0.2, 0.25) is 0 Å². The summed E-state index contributed by atoms with van der Waals surface area (Å²) in [5.74, 6) is 0. The van der Waals surface area contributed by atoms with Crippen molar-refractivity contribution in [2.75, 3.05) is 0 Å². The van der Waals surface area contributed by atoms with Gasteiger partial charge in [-0.1, -0.05) is 0 Å². The Morgan fingerprint density at radius 3 is 3.00 bits per heavy atom. The molecule has 0 spiro atoms. The average molecular weight is 146 g/mol. The lowest BCUT2D eigenvalue weighted by molar-refractivity contribution is 1.03. The summed E-state index contributed by atoms with van der Waals surface area (Å²) in [5.41, 5.74) is 1.59. The van der Waals surface area contributed by atoms with Crippen molar-refractivity contribution in [3.63, 3.8) is 0 Å². The topological polar surface area (TPSA) is 51.6 Å². The SMILES string of the molecule is Cc1ncnc2nnccc12. The summed E-state index contributed by atoms with van der Waals surface area (Å²) in [6, 6.07) is 1.86. The maximum atomic E-state index is 4.03. The first kappa shape index (κ1) is 6.15. The van der Waals surface area contributed by atoms with Crippen LogP contribution in [0, 0.1) is 6.92 Å². The first-order valence-electron chi connectivity index (χ1n) is 3.27. The number of hydrogen-bond acceptors (Lipinski definition) is 4. The third-order valence-electron chi connectivity index (χ3n) is 1.52. The van der Waals surface area contributed by atoms with Crippen LogP contribution in [0.15, 0.2) is 18.6 Å². The molecule has 0 aliphatic carbocycles. The zero-order valence-electron chi connectivity index (χ0n) is 6.02. The predicted octanol–water partition coefficient (Wildman–Crippen LogP) is 0.728. The standard InChI is InChI=1S/C7H6N4/c1-5-6-2-3-10-11-7(6)9-4-8-5/h2-4H,1H3. The summed E-state index contributed by atoms with van der Waals surface area (Å²) in [6.45, 7) is 1.92. The third kappa shape index (κ3) is 0.920. The van der Waals surface area contributed by atoms with E-state index in [1.54, 1.807) is 6.20 Å². The summed E-state index contributed by atoms with van der Waals surface area (Å²) >= 11 is 0. The van der Waals surface area contributed by atoms with Crippen molar-refractivity contribution in [1.29, 1.82) is 0 Å². The molecule has 0 unspecified atom stereocenters. The highest BCUT2D eigenvalue weighted by Crippen LogP contribution is 2.07. The van der Waals surface area contributed by atoms with E-state index in [0.717, 1.165) is 11.1 Å². The van der Waals surface area contributed by atoms with Gasteiger partial charge in [0.1, 0.15) is 6.33 Å². The van der Waals surface area contributed by atoms with E-state index in [-0.39, 0.29) is 0 Å². The zero-order chi connectivity index (χ0) is 7.68. The number of rotatable bonds is 0. The highest BCUT2D eigenvalue weighted by Gasteiger charge is 1.97. The van der Waals surface area contributed by atoms with Crippen LogP contribution in [0.5, 0.6) is 0 Å². The minimum atomic E-state index is 0.653. The number of fused-ring (bicyclic) bond motifs is 1. The van der Waals surface area contributed by atoms with Gasteiger partial charge in [-0.15, -0.1) is 5.10 Å². The van der Waals surface area contributed by atoms with Gasteiger partial charge in [0.05, 0.1) is 11.9 Å². The fourth-order valence-electron chi connectivity index (χ4n) is 0.942. The fraction of sp³-hybridized carbons (Fsp3) is 0.143. The molecule has 0 aromatic carbocycles. The Balaban J connectivity index is 2.91. The second kappa shape index (κ2) is 2.23. The van der Waals surface area contributed by atoms with E-state index >= 15 is 0 Å². The molecule has 2 aromatic rings. The molecule has 54 valence electrons. The summed E-state index contributed by atoms with van der Waals surface area (Å²) in [7, 11) is 0. The first-order chi connectivity index (χ1) is 5.38. The van der Waals surface area contributed by atoms with Gasteiger partial charge in [-0.2, -0.15) is 5.10 Å². The molecule has 0 atom stereocenters. The average Bonchev–Trinajstić information content (AvgIpc) is 2.06. The van der Waals surface area contributed by atoms with E-state index in [9.17, 15) is 0 Å². The Morgan fingerprint density at radius 1 is 1.27 bits per heavy atom. The molecule has 0 aliphatic rings. The molecular weight excluding hydrogens is 140 g/mol. The van der Waals surface area contributed by atoms with Crippen molar-refractivity contribution < 1.29 is 0 Å². The number of aromatic nitrogens is 4. The second-order valence-corrected chi connectivity index (χ2v) is 2.23. The summed E-state index contributed by atoms with van der Waals surface area (Å²) in [5, 5.41) is 8.52. The van der Waals surface area contributed by atoms with Crippen LogP contribution in [0.2, 0.25) is 0 Å². The van der Waals surface area contributed by atoms with E-state index in [1.165, 1.54) is 6.33 Å². The van der Waals surface area contributed by atoms with Crippen molar-refractivity contribution in [3.05, 3.63) is 24.3 Å². The Morgan fingerprint density at radius 2 is 2.18 bits per heavy atom. The van der Waals surface area contributed by atoms with Crippen LogP contribution in [-0.2, 0) is 0 Å². The van der Waals surface area contributed by atoms with Crippen molar-refractivity contribution in [1.82, 2.24) is 20.2 Å². The van der Waals surface area contributed by atoms with E-state index in [2.05, 4.69) is 20.2 Å². The van der Waals surface area contributed by atoms with Crippen LogP contribution in [0.4, 0.5) is 0 Å². The van der Waals surface area contributed by atoms with Gasteiger partial charge >= 0.3 is 0 Å². The third-order valence-corrected chi connectivity index (χ3v) is 1.52. The molecule has 0 saturated heterocycles. The minimum absolute atomic E-state index is 0.653. The van der Waals surface area contributed by atoms with Crippen LogP contribution >= 0.6 is 0 Å². The van der Waals surface area contributed by atoms with E-state index in [0.29, 0.717) is 5.65 Å². The molecule has 0 bridgehead atoms. The van der Waals surface area contributed by atoms with Gasteiger partial charge in [0, 0.05) is 5.39 Å². The normalized spacial score (nSPS) is 10.3. The largest absolute Gasteiger partial charge is 0.241 e. The van der Waals surface area contributed by atoms with Crippen molar-refractivity contribution in [2.45, 2.75) is 6.92 Å². The molecule has 0 N–H and O–H groups in total. The summed E-state index contributed by atoms with van der Waals surface area (Å²) in [6.07, 6.45) is 3.13. The fourth-order valence-corrected chi connectivity index (χ4v) is 0.942. The molecule has 11 heavy (non-hydrogen) atoms. The van der Waals surface area contributed by atoms with Crippen LogP contribution in [0.25, 0.3) is 11.0 Å². The van der Waals surface area contributed by atoms with Crippen molar-refractivity contribution in [2.24, 2.45) is 0 Å². The highest BCUT2D eigenvalue weighted by atomic mass is 15.1. The van der Waals surface area contributed by atoms with Crippen LogP contribution < -0.4 is 0 Å². The van der Waals surface area contributed by atoms with E-state index in [1.807, 2.05) is 13.0 Å². The smallest absolute Gasteiger partial charge is 0.185 e. The second-order valence-electron chi connectivity index (χ2n) is 2.23. The highest BCUT2D eigenvalue weighted by molar-refractivity contribution is 5.75. The van der Waals surface area contributed by atoms with Crippen molar-refractivity contribution in [3.8, 4) is 0 Å². The van der Waals surface area contributed by atoms with Crippen LogP contribution in [0.1, 0.15) is 5.69 Å². The lowest BCUT2D eigenvalue weighted by Gasteiger charge is -1.95. The van der Waals surface area contributed by atoms with E-state index in [4.69, 9.17) is 0 Å². The zero-order valence-corrected chi connectivity index (χ0v) is 6.02. The molecule has 2 heterocycles. The number of nitrogens with zero attached hydrogens (tertiary/aromatic N) is 4. The van der Waals surface area contributed by atoms with Gasteiger partial charge in [-0.25, -0.2) is 9.97 Å². The van der Waals surface area contributed by atoms with Crippen molar-refractivity contribution >= 4 is 11.0 Å². The minimum Gasteiger partial charge on any atom is -0.241 e. The molecule has 0 fully saturated rings. The molecule has 4 nitrogen and oxygen atoms in total. The molecule has 4 heteroatoms. The van der Waals surface area contributed by atoms with Gasteiger partial charge in [-0.05, 0) is 13.0 Å². The predicted molar refractivity (Wildman–Crippen MR) is 39.9 cm³/mol. The lowest BCUT2D eigenvalue weighted by Crippen LogP contribution is -1.90. The number of hydrogen-bond donors (Lipinski definition) is 0. The Bertz CT molecular complexity index is 380. The molecule has 2 aromatic heterocycles. The van der Waals surface area contributed by atoms with E-state index < -0.39 is 0 Å². The molecule has 0 saturated carbocycles. The molecule has 0 radical (unpaired) electrons. The summed E-state index contributed by atoms with van der Waals surface area (Å²) in [4.78, 5) is 7.99. The quantitative estimate of drug-likeness (QED) is 0.549. The Labute approximate surface area is 63.3 Å². The van der Waals surface area contributed by atoms with Gasteiger partial charge in [-0.3, -0.25) is 0 Å². The molecular formula is C7H6N4. The molecule has 0 aliphatic heterocycles. The molecule has 2 rings (SSSR count). The number of aryl methyl sites for hydroxylation is 1.